The molecule has 0 spiro atoms. The maximum atomic E-state index is 7.28. The van der Waals surface area contributed by atoms with Gasteiger partial charge in [-0.05, 0) is 30.2 Å². The van der Waals surface area contributed by atoms with Crippen molar-refractivity contribution in [3.05, 3.63) is 29.3 Å². The second-order valence-corrected chi connectivity index (χ2v) is 5.00. The zero-order valence-corrected chi connectivity index (χ0v) is 11.6. The van der Waals surface area contributed by atoms with Crippen LogP contribution in [-0.4, -0.2) is 37.0 Å². The molecule has 0 saturated carbocycles. The number of nitrogens with zero attached hydrogens (tertiary/aromatic N) is 1. The molecule has 0 aliphatic carbocycles. The van der Waals surface area contributed by atoms with Gasteiger partial charge in [0.15, 0.2) is 0 Å². The molecular weight excluding hydrogens is 238 g/mol. The van der Waals surface area contributed by atoms with Crippen molar-refractivity contribution >= 4 is 5.84 Å². The molecule has 104 valence electrons. The van der Waals surface area contributed by atoms with Crippen molar-refractivity contribution in [1.82, 2.24) is 4.90 Å². The van der Waals surface area contributed by atoms with Gasteiger partial charge in [-0.25, -0.2) is 0 Å². The van der Waals surface area contributed by atoms with Crippen molar-refractivity contribution in [2.75, 3.05) is 26.2 Å². The molecule has 4 nitrogen and oxygen atoms in total. The number of ether oxygens (including phenoxy) is 1. The van der Waals surface area contributed by atoms with Crippen LogP contribution in [0.3, 0.4) is 0 Å². The molecule has 1 aromatic carbocycles. The molecule has 0 saturated heterocycles. The van der Waals surface area contributed by atoms with Crippen LogP contribution >= 0.6 is 0 Å². The third-order valence-corrected chi connectivity index (χ3v) is 3.62. The number of hydrogen-bond acceptors (Lipinski definition) is 3. The van der Waals surface area contributed by atoms with Crippen LogP contribution in [0.2, 0.25) is 0 Å². The lowest BCUT2D eigenvalue weighted by Crippen LogP contribution is -2.29. The highest BCUT2D eigenvalue weighted by Gasteiger charge is 2.12. The third kappa shape index (κ3) is 3.96. The van der Waals surface area contributed by atoms with Crippen LogP contribution in [0, 0.1) is 5.41 Å². The lowest BCUT2D eigenvalue weighted by Gasteiger charge is -2.20. The van der Waals surface area contributed by atoms with Crippen molar-refractivity contribution in [3.8, 4) is 5.75 Å². The van der Waals surface area contributed by atoms with E-state index in [9.17, 15) is 0 Å². The molecular formula is C15H23N3O. The summed E-state index contributed by atoms with van der Waals surface area (Å²) in [6.07, 6.45) is 2.73. The SMILES string of the molecule is CCN(CCC(=N)N)CCc1ccc2c(c1)CCO2. The normalized spacial score (nSPS) is 13.4. The fourth-order valence-corrected chi connectivity index (χ4v) is 2.39. The minimum Gasteiger partial charge on any atom is -0.493 e. The summed E-state index contributed by atoms with van der Waals surface area (Å²) in [5, 5.41) is 7.28. The zero-order valence-electron chi connectivity index (χ0n) is 11.6. The largest absolute Gasteiger partial charge is 0.493 e. The topological polar surface area (TPSA) is 62.3 Å². The van der Waals surface area contributed by atoms with Crippen LogP contribution in [0.1, 0.15) is 24.5 Å². The molecule has 0 bridgehead atoms. The number of amidine groups is 1. The number of likely N-dealkylation sites (N-methyl/N-ethyl adjacent to an activating group) is 1. The van der Waals surface area contributed by atoms with Gasteiger partial charge in [0.05, 0.1) is 12.4 Å². The van der Waals surface area contributed by atoms with Gasteiger partial charge in [-0.15, -0.1) is 0 Å². The van der Waals surface area contributed by atoms with Crippen LogP contribution < -0.4 is 10.5 Å². The van der Waals surface area contributed by atoms with Crippen molar-refractivity contribution in [3.63, 3.8) is 0 Å². The van der Waals surface area contributed by atoms with Gasteiger partial charge in [0, 0.05) is 25.9 Å². The molecule has 0 radical (unpaired) electrons. The van der Waals surface area contributed by atoms with Gasteiger partial charge in [0.25, 0.3) is 0 Å². The Morgan fingerprint density at radius 2 is 2.26 bits per heavy atom. The molecule has 2 rings (SSSR count). The van der Waals surface area contributed by atoms with Gasteiger partial charge in [-0.2, -0.15) is 0 Å². The van der Waals surface area contributed by atoms with Crippen LogP contribution in [-0.2, 0) is 12.8 Å². The van der Waals surface area contributed by atoms with Crippen LogP contribution in [0.4, 0.5) is 0 Å². The first-order valence-electron chi connectivity index (χ1n) is 6.99. The number of benzene rings is 1. The predicted molar refractivity (Wildman–Crippen MR) is 78.0 cm³/mol. The Balaban J connectivity index is 1.85. The number of fused-ring (bicyclic) bond motifs is 1. The van der Waals surface area contributed by atoms with Crippen LogP contribution in [0.5, 0.6) is 5.75 Å². The highest BCUT2D eigenvalue weighted by Crippen LogP contribution is 2.26. The van der Waals surface area contributed by atoms with Crippen molar-refractivity contribution < 1.29 is 4.74 Å². The second-order valence-electron chi connectivity index (χ2n) is 5.00. The van der Waals surface area contributed by atoms with E-state index in [1.807, 2.05) is 0 Å². The lowest BCUT2D eigenvalue weighted by atomic mass is 10.1. The molecule has 0 unspecified atom stereocenters. The number of rotatable bonds is 7. The highest BCUT2D eigenvalue weighted by molar-refractivity contribution is 5.76. The Morgan fingerprint density at radius 3 is 3.00 bits per heavy atom. The molecule has 1 aliphatic rings. The zero-order chi connectivity index (χ0) is 13.7. The van der Waals surface area contributed by atoms with Gasteiger partial charge >= 0.3 is 0 Å². The summed E-state index contributed by atoms with van der Waals surface area (Å²) in [7, 11) is 0. The molecule has 0 aromatic heterocycles. The van der Waals surface area contributed by atoms with E-state index in [-0.39, 0.29) is 5.84 Å². The first-order chi connectivity index (χ1) is 9.19. The summed E-state index contributed by atoms with van der Waals surface area (Å²) in [5.74, 6) is 1.32. The lowest BCUT2D eigenvalue weighted by molar-refractivity contribution is 0.300. The Morgan fingerprint density at radius 1 is 1.42 bits per heavy atom. The maximum absolute atomic E-state index is 7.28. The molecule has 3 N–H and O–H groups in total. The molecule has 0 fully saturated rings. The fraction of sp³-hybridized carbons (Fsp3) is 0.533. The standard InChI is InChI=1S/C15H23N3O/c1-2-18(9-6-15(16)17)8-5-12-3-4-14-13(11-12)7-10-19-14/h3-4,11H,2,5-10H2,1H3,(H3,16,17). The average Bonchev–Trinajstić information content (AvgIpc) is 2.86. The molecule has 1 aliphatic heterocycles. The number of nitrogens with two attached hydrogens (primary N) is 1. The molecule has 1 heterocycles. The van der Waals surface area contributed by atoms with Crippen molar-refractivity contribution in [1.29, 1.82) is 5.41 Å². The molecule has 19 heavy (non-hydrogen) atoms. The number of hydrogen-bond donors (Lipinski definition) is 2. The Hall–Kier alpha value is -1.55. The monoisotopic (exact) mass is 261 g/mol. The summed E-state index contributed by atoms with van der Waals surface area (Å²) in [5.41, 5.74) is 8.11. The first kappa shape index (κ1) is 13.9. The van der Waals surface area contributed by atoms with Gasteiger partial charge in [0.2, 0.25) is 0 Å². The van der Waals surface area contributed by atoms with E-state index in [2.05, 4.69) is 30.0 Å². The molecule has 0 amide bonds. The minimum atomic E-state index is 0.271. The maximum Gasteiger partial charge on any atom is 0.122 e. The molecule has 1 aromatic rings. The van der Waals surface area contributed by atoms with E-state index in [1.54, 1.807) is 0 Å². The fourth-order valence-electron chi connectivity index (χ4n) is 2.39. The quantitative estimate of drug-likeness (QED) is 0.581. The van der Waals surface area contributed by atoms with Gasteiger partial charge < -0.3 is 15.4 Å². The van der Waals surface area contributed by atoms with Crippen LogP contribution in [0.25, 0.3) is 0 Å². The van der Waals surface area contributed by atoms with Gasteiger partial charge in [-0.1, -0.05) is 19.1 Å². The van der Waals surface area contributed by atoms with Gasteiger partial charge in [-0.3, -0.25) is 5.41 Å². The van der Waals surface area contributed by atoms with Crippen molar-refractivity contribution in [2.24, 2.45) is 5.73 Å². The minimum absolute atomic E-state index is 0.271. The van der Waals surface area contributed by atoms with Crippen molar-refractivity contribution in [2.45, 2.75) is 26.2 Å². The second kappa shape index (κ2) is 6.57. The summed E-state index contributed by atoms with van der Waals surface area (Å²) in [6, 6.07) is 6.51. The summed E-state index contributed by atoms with van der Waals surface area (Å²) in [6.45, 7) is 5.86. The summed E-state index contributed by atoms with van der Waals surface area (Å²) in [4.78, 5) is 2.34. The third-order valence-electron chi connectivity index (χ3n) is 3.62. The Bertz CT molecular complexity index is 445. The van der Waals surface area contributed by atoms with Crippen LogP contribution in [0.15, 0.2) is 18.2 Å². The van der Waals surface area contributed by atoms with E-state index in [1.165, 1.54) is 11.1 Å². The number of nitrogens with one attached hydrogen (secondary N) is 1. The molecule has 4 heteroatoms. The van der Waals surface area contributed by atoms with E-state index >= 15 is 0 Å². The average molecular weight is 261 g/mol. The Labute approximate surface area is 115 Å². The smallest absolute Gasteiger partial charge is 0.122 e. The van der Waals surface area contributed by atoms with E-state index in [4.69, 9.17) is 15.9 Å². The van der Waals surface area contributed by atoms with E-state index in [0.29, 0.717) is 6.42 Å². The summed E-state index contributed by atoms with van der Waals surface area (Å²) >= 11 is 0. The Kier molecular flexibility index (Phi) is 4.80. The predicted octanol–water partition coefficient (Wildman–Crippen LogP) is 1.81. The first-order valence-corrected chi connectivity index (χ1v) is 6.99. The van der Waals surface area contributed by atoms with E-state index < -0.39 is 0 Å². The summed E-state index contributed by atoms with van der Waals surface area (Å²) < 4.78 is 5.52. The van der Waals surface area contributed by atoms with E-state index in [0.717, 1.165) is 44.8 Å². The molecule has 0 atom stereocenters. The van der Waals surface area contributed by atoms with Gasteiger partial charge in [0.1, 0.15) is 5.75 Å². The highest BCUT2D eigenvalue weighted by atomic mass is 16.5.